The van der Waals surface area contributed by atoms with E-state index in [0.717, 1.165) is 28.7 Å². The first-order valence-corrected chi connectivity index (χ1v) is 12.1. The highest BCUT2D eigenvalue weighted by molar-refractivity contribution is 5.67. The van der Waals surface area contributed by atoms with Gasteiger partial charge in [0.05, 0.1) is 0 Å². The van der Waals surface area contributed by atoms with Gasteiger partial charge >= 0.3 is 5.97 Å². The van der Waals surface area contributed by atoms with Crippen molar-refractivity contribution in [1.82, 2.24) is 0 Å². The number of hydrogen-bond donors (Lipinski definition) is 1. The molecule has 4 aromatic carbocycles. The zero-order valence-electron chi connectivity index (χ0n) is 21.1. The first-order valence-electron chi connectivity index (χ1n) is 12.1. The predicted octanol–water partition coefficient (Wildman–Crippen LogP) is 8.40. The van der Waals surface area contributed by atoms with Gasteiger partial charge in [-0.25, -0.2) is 4.39 Å². The second-order valence-corrected chi connectivity index (χ2v) is 8.82. The lowest BCUT2D eigenvalue weighted by atomic mass is 10.0. The van der Waals surface area contributed by atoms with Gasteiger partial charge in [-0.2, -0.15) is 0 Å². The van der Waals surface area contributed by atoms with Crippen LogP contribution in [-0.2, 0) is 17.6 Å². The third-order valence-corrected chi connectivity index (χ3v) is 5.87. The van der Waals surface area contributed by atoms with Gasteiger partial charge < -0.3 is 19.3 Å². The molecule has 190 valence electrons. The molecule has 5 nitrogen and oxygen atoms in total. The first kappa shape index (κ1) is 25.8. The van der Waals surface area contributed by atoms with Gasteiger partial charge in [0.15, 0.2) is 11.5 Å². The molecule has 37 heavy (non-hydrogen) atoms. The maximum absolute atomic E-state index is 14.1. The van der Waals surface area contributed by atoms with Crippen LogP contribution in [0.3, 0.4) is 0 Å². The summed E-state index contributed by atoms with van der Waals surface area (Å²) in [6.45, 7) is 5.88. The summed E-state index contributed by atoms with van der Waals surface area (Å²) in [5.41, 5.74) is 3.89. The number of halogens is 1. The van der Waals surface area contributed by atoms with Gasteiger partial charge in [-0.15, -0.1) is 0 Å². The second-order valence-electron chi connectivity index (χ2n) is 8.82. The summed E-state index contributed by atoms with van der Waals surface area (Å²) in [4.78, 5) is 11.0. The van der Waals surface area contributed by atoms with E-state index in [1.807, 2.05) is 75.4 Å². The number of aliphatic carboxylic acids is 1. The summed E-state index contributed by atoms with van der Waals surface area (Å²) in [5.74, 6) is 1.76. The molecule has 0 bridgehead atoms. The summed E-state index contributed by atoms with van der Waals surface area (Å²) in [5, 5.41) is 9.00. The molecule has 0 saturated heterocycles. The topological polar surface area (TPSA) is 65.0 Å². The summed E-state index contributed by atoms with van der Waals surface area (Å²) in [6.07, 6.45) is 1.33. The van der Waals surface area contributed by atoms with E-state index in [1.165, 1.54) is 18.2 Å². The van der Waals surface area contributed by atoms with E-state index >= 15 is 0 Å². The molecular weight excluding hydrogens is 471 g/mol. The molecule has 1 N–H and O–H groups in total. The summed E-state index contributed by atoms with van der Waals surface area (Å²) < 4.78 is 32.3. The summed E-state index contributed by atoms with van der Waals surface area (Å²) in [6, 6.07) is 22.9. The number of carboxylic acids is 1. The van der Waals surface area contributed by atoms with E-state index < -0.39 is 11.8 Å². The molecule has 0 fully saturated rings. The normalized spacial score (nSPS) is 10.7. The number of aryl methyl sites for hydroxylation is 4. The number of carboxylic acid groups (broad SMARTS) is 1. The monoisotopic (exact) mass is 500 g/mol. The van der Waals surface area contributed by atoms with Crippen molar-refractivity contribution in [3.05, 3.63) is 107 Å². The van der Waals surface area contributed by atoms with Crippen LogP contribution in [0.1, 0.15) is 35.6 Å². The maximum Gasteiger partial charge on any atom is 0.303 e. The average Bonchev–Trinajstić information content (AvgIpc) is 2.85. The SMILES string of the molecule is CCc1cc(Oc2cc(C)cc(Oc3ccc(F)cc3Oc3ccccc3C)c2)ccc1CCC(=O)O. The lowest BCUT2D eigenvalue weighted by Gasteiger charge is -2.15. The third-order valence-electron chi connectivity index (χ3n) is 5.87. The molecule has 0 unspecified atom stereocenters. The van der Waals surface area contributed by atoms with Gasteiger partial charge in [-0.3, -0.25) is 4.79 Å². The minimum atomic E-state index is -0.816. The Bertz CT molecular complexity index is 1410. The number of rotatable bonds is 10. The highest BCUT2D eigenvalue weighted by Gasteiger charge is 2.13. The zero-order chi connectivity index (χ0) is 26.4. The van der Waals surface area contributed by atoms with Crippen molar-refractivity contribution in [2.75, 3.05) is 0 Å². The van der Waals surface area contributed by atoms with Gasteiger partial charge in [-0.05, 0) is 91.4 Å². The van der Waals surface area contributed by atoms with E-state index in [4.69, 9.17) is 19.3 Å². The third kappa shape index (κ3) is 6.88. The average molecular weight is 501 g/mol. The Hall–Kier alpha value is -4.32. The van der Waals surface area contributed by atoms with Crippen LogP contribution >= 0.6 is 0 Å². The molecule has 0 radical (unpaired) electrons. The van der Waals surface area contributed by atoms with E-state index in [0.29, 0.717) is 35.2 Å². The molecule has 6 heteroatoms. The van der Waals surface area contributed by atoms with E-state index in [1.54, 1.807) is 6.07 Å². The van der Waals surface area contributed by atoms with Crippen LogP contribution in [0.4, 0.5) is 4.39 Å². The van der Waals surface area contributed by atoms with Gasteiger partial charge in [0.2, 0.25) is 0 Å². The largest absolute Gasteiger partial charge is 0.481 e. The minimum Gasteiger partial charge on any atom is -0.481 e. The highest BCUT2D eigenvalue weighted by atomic mass is 19.1. The molecule has 0 aliphatic heterocycles. The molecule has 4 rings (SSSR count). The molecule has 0 saturated carbocycles. The van der Waals surface area contributed by atoms with Gasteiger partial charge in [0.1, 0.15) is 28.8 Å². The van der Waals surface area contributed by atoms with E-state index in [9.17, 15) is 9.18 Å². The Balaban J connectivity index is 1.56. The number of carbonyl (C=O) groups is 1. The fourth-order valence-corrected chi connectivity index (χ4v) is 4.01. The molecule has 4 aromatic rings. The molecule has 0 spiro atoms. The summed E-state index contributed by atoms with van der Waals surface area (Å²) in [7, 11) is 0. The standard InChI is InChI=1S/C31H29FO5/c1-4-22-17-25(12-9-23(22)10-14-31(33)34)35-26-15-20(2)16-27(19-26)36-29-13-11-24(32)18-30(29)37-28-8-6-5-7-21(28)3/h5-9,11-13,15-19H,4,10,14H2,1-3H3,(H,33,34). The first-order chi connectivity index (χ1) is 17.8. The Morgan fingerprint density at radius 1 is 0.757 bits per heavy atom. The molecule has 0 amide bonds. The number of ether oxygens (including phenoxy) is 3. The molecule has 0 aromatic heterocycles. The maximum atomic E-state index is 14.1. The fourth-order valence-electron chi connectivity index (χ4n) is 4.01. The van der Waals surface area contributed by atoms with Crippen molar-refractivity contribution in [3.8, 4) is 34.5 Å². The highest BCUT2D eigenvalue weighted by Crippen LogP contribution is 2.38. The van der Waals surface area contributed by atoms with Gasteiger partial charge in [0, 0.05) is 18.6 Å². The van der Waals surface area contributed by atoms with Gasteiger partial charge in [-0.1, -0.05) is 31.2 Å². The van der Waals surface area contributed by atoms with Gasteiger partial charge in [0.25, 0.3) is 0 Å². The quantitative estimate of drug-likeness (QED) is 0.237. The number of para-hydroxylation sites is 1. The van der Waals surface area contributed by atoms with Crippen LogP contribution in [0.5, 0.6) is 34.5 Å². The Morgan fingerprint density at radius 3 is 2.24 bits per heavy atom. The minimum absolute atomic E-state index is 0.0880. The van der Waals surface area contributed by atoms with Crippen molar-refractivity contribution >= 4 is 5.97 Å². The van der Waals surface area contributed by atoms with Crippen molar-refractivity contribution < 1.29 is 28.5 Å². The van der Waals surface area contributed by atoms with Crippen LogP contribution in [0.2, 0.25) is 0 Å². The molecular formula is C31H29FO5. The molecule has 0 aliphatic rings. The predicted molar refractivity (Wildman–Crippen MR) is 141 cm³/mol. The Labute approximate surface area is 216 Å². The Kier molecular flexibility index (Phi) is 8.08. The number of benzene rings is 4. The van der Waals surface area contributed by atoms with Crippen molar-refractivity contribution in [2.24, 2.45) is 0 Å². The van der Waals surface area contributed by atoms with Crippen LogP contribution < -0.4 is 14.2 Å². The van der Waals surface area contributed by atoms with Crippen molar-refractivity contribution in [3.63, 3.8) is 0 Å². The molecule has 0 atom stereocenters. The van der Waals surface area contributed by atoms with E-state index in [-0.39, 0.29) is 12.2 Å². The van der Waals surface area contributed by atoms with Crippen LogP contribution in [-0.4, -0.2) is 11.1 Å². The van der Waals surface area contributed by atoms with E-state index in [2.05, 4.69) is 0 Å². The lowest BCUT2D eigenvalue weighted by Crippen LogP contribution is -2.00. The fraction of sp³-hybridized carbons (Fsp3) is 0.194. The molecule has 0 aliphatic carbocycles. The van der Waals surface area contributed by atoms with Crippen LogP contribution in [0, 0.1) is 19.7 Å². The van der Waals surface area contributed by atoms with Crippen LogP contribution in [0.15, 0.2) is 78.9 Å². The smallest absolute Gasteiger partial charge is 0.303 e. The summed E-state index contributed by atoms with van der Waals surface area (Å²) >= 11 is 0. The lowest BCUT2D eigenvalue weighted by molar-refractivity contribution is -0.136. The van der Waals surface area contributed by atoms with Crippen molar-refractivity contribution in [1.29, 1.82) is 0 Å². The van der Waals surface area contributed by atoms with Crippen molar-refractivity contribution in [2.45, 2.75) is 40.0 Å². The zero-order valence-corrected chi connectivity index (χ0v) is 21.1. The van der Waals surface area contributed by atoms with Crippen LogP contribution in [0.25, 0.3) is 0 Å². The Morgan fingerprint density at radius 2 is 1.51 bits per heavy atom. The number of hydrogen-bond acceptors (Lipinski definition) is 4. The second kappa shape index (κ2) is 11.6. The molecule has 0 heterocycles.